The molecule has 0 amide bonds. The van der Waals surface area contributed by atoms with Gasteiger partial charge in [0.15, 0.2) is 0 Å². The van der Waals surface area contributed by atoms with Crippen molar-refractivity contribution in [3.8, 4) is 0 Å². The Bertz CT molecular complexity index is 385. The molecule has 0 aromatic carbocycles. The molecule has 1 fully saturated rings. The van der Waals surface area contributed by atoms with Gasteiger partial charge in [0, 0.05) is 25.4 Å². The first-order valence-corrected chi connectivity index (χ1v) is 8.02. The lowest BCUT2D eigenvalue weighted by Gasteiger charge is -2.34. The predicted molar refractivity (Wildman–Crippen MR) is 81.7 cm³/mol. The van der Waals surface area contributed by atoms with Crippen molar-refractivity contribution in [2.75, 3.05) is 14.2 Å². The van der Waals surface area contributed by atoms with Gasteiger partial charge in [0.25, 0.3) is 0 Å². The van der Waals surface area contributed by atoms with Crippen molar-refractivity contribution in [3.05, 3.63) is 18.0 Å². The van der Waals surface area contributed by atoms with Crippen LogP contribution in [0.1, 0.15) is 57.1 Å². The SMILES string of the molecule is CCCn1cc(C(NC)C(OC)C2CCCCC2)cn1. The molecule has 0 aliphatic heterocycles. The molecule has 0 bridgehead atoms. The topological polar surface area (TPSA) is 39.1 Å². The molecule has 1 aromatic rings. The van der Waals surface area contributed by atoms with Crippen LogP contribution in [0, 0.1) is 5.92 Å². The van der Waals surface area contributed by atoms with Gasteiger partial charge in [-0.15, -0.1) is 0 Å². The third-order valence-electron chi connectivity index (χ3n) is 4.49. The molecule has 114 valence electrons. The quantitative estimate of drug-likeness (QED) is 0.833. The minimum atomic E-state index is 0.244. The number of hydrogen-bond donors (Lipinski definition) is 1. The summed E-state index contributed by atoms with van der Waals surface area (Å²) >= 11 is 0. The van der Waals surface area contributed by atoms with Crippen LogP contribution in [0.5, 0.6) is 0 Å². The van der Waals surface area contributed by atoms with E-state index in [2.05, 4.69) is 23.5 Å². The molecular weight excluding hydrogens is 250 g/mol. The number of aromatic nitrogens is 2. The Labute approximate surface area is 122 Å². The molecule has 1 N–H and O–H groups in total. The minimum absolute atomic E-state index is 0.244. The summed E-state index contributed by atoms with van der Waals surface area (Å²) in [6.45, 7) is 3.16. The van der Waals surface area contributed by atoms with Crippen LogP contribution < -0.4 is 5.32 Å². The van der Waals surface area contributed by atoms with Crippen LogP contribution >= 0.6 is 0 Å². The molecule has 1 aliphatic carbocycles. The molecule has 4 nitrogen and oxygen atoms in total. The highest BCUT2D eigenvalue weighted by atomic mass is 16.5. The summed E-state index contributed by atoms with van der Waals surface area (Å²) in [6.07, 6.45) is 12.2. The fourth-order valence-corrected chi connectivity index (χ4v) is 3.48. The van der Waals surface area contributed by atoms with Gasteiger partial charge in [0.05, 0.1) is 18.3 Å². The summed E-state index contributed by atoms with van der Waals surface area (Å²) in [4.78, 5) is 0. The number of aryl methyl sites for hydroxylation is 1. The van der Waals surface area contributed by atoms with Gasteiger partial charge >= 0.3 is 0 Å². The van der Waals surface area contributed by atoms with E-state index in [1.54, 1.807) is 0 Å². The van der Waals surface area contributed by atoms with Crippen molar-refractivity contribution in [2.24, 2.45) is 5.92 Å². The van der Waals surface area contributed by atoms with E-state index in [-0.39, 0.29) is 12.1 Å². The maximum atomic E-state index is 5.87. The Kier molecular flexibility index (Phi) is 6.05. The molecule has 20 heavy (non-hydrogen) atoms. The van der Waals surface area contributed by atoms with Gasteiger partial charge in [-0.1, -0.05) is 26.2 Å². The first-order valence-electron chi connectivity index (χ1n) is 8.02. The standard InChI is InChI=1S/C16H29N3O/c1-4-10-19-12-14(11-18-19)15(17-2)16(20-3)13-8-6-5-7-9-13/h11-13,15-17H,4-10H2,1-3H3. The maximum absolute atomic E-state index is 5.87. The van der Waals surface area contributed by atoms with Crippen molar-refractivity contribution >= 4 is 0 Å². The Morgan fingerprint density at radius 3 is 2.75 bits per heavy atom. The molecular formula is C16H29N3O. The highest BCUT2D eigenvalue weighted by Crippen LogP contribution is 2.33. The van der Waals surface area contributed by atoms with Crippen LogP contribution in [-0.2, 0) is 11.3 Å². The van der Waals surface area contributed by atoms with Crippen LogP contribution in [0.25, 0.3) is 0 Å². The average molecular weight is 279 g/mol. The van der Waals surface area contributed by atoms with Gasteiger partial charge in [-0.2, -0.15) is 5.10 Å². The van der Waals surface area contributed by atoms with Gasteiger partial charge in [-0.3, -0.25) is 4.68 Å². The normalized spacial score (nSPS) is 19.9. The number of nitrogens with zero attached hydrogens (tertiary/aromatic N) is 2. The van der Waals surface area contributed by atoms with E-state index in [9.17, 15) is 0 Å². The van der Waals surface area contributed by atoms with Crippen LogP contribution in [0.3, 0.4) is 0 Å². The van der Waals surface area contributed by atoms with Crippen molar-refractivity contribution in [1.82, 2.24) is 15.1 Å². The van der Waals surface area contributed by atoms with Gasteiger partial charge in [0.2, 0.25) is 0 Å². The molecule has 1 aliphatic rings. The molecule has 0 spiro atoms. The number of nitrogens with one attached hydrogen (secondary N) is 1. The molecule has 0 saturated heterocycles. The second-order valence-electron chi connectivity index (χ2n) is 5.90. The smallest absolute Gasteiger partial charge is 0.0795 e. The van der Waals surface area contributed by atoms with Crippen molar-refractivity contribution in [3.63, 3.8) is 0 Å². The molecule has 2 rings (SSSR count). The Morgan fingerprint density at radius 1 is 1.40 bits per heavy atom. The fourth-order valence-electron chi connectivity index (χ4n) is 3.48. The summed E-state index contributed by atoms with van der Waals surface area (Å²) in [5, 5.41) is 7.90. The van der Waals surface area contributed by atoms with Gasteiger partial charge in [-0.05, 0) is 32.2 Å². The molecule has 1 saturated carbocycles. The Morgan fingerprint density at radius 2 is 2.15 bits per heavy atom. The average Bonchev–Trinajstić information content (AvgIpc) is 2.94. The monoisotopic (exact) mass is 279 g/mol. The number of hydrogen-bond acceptors (Lipinski definition) is 3. The minimum Gasteiger partial charge on any atom is -0.379 e. The molecule has 2 unspecified atom stereocenters. The van der Waals surface area contributed by atoms with E-state index in [0.717, 1.165) is 13.0 Å². The number of likely N-dealkylation sites (N-methyl/N-ethyl adjacent to an activating group) is 1. The summed E-state index contributed by atoms with van der Waals surface area (Å²) < 4.78 is 7.90. The lowest BCUT2D eigenvalue weighted by atomic mass is 9.81. The van der Waals surface area contributed by atoms with Gasteiger partial charge in [-0.25, -0.2) is 0 Å². The lowest BCUT2D eigenvalue weighted by Crippen LogP contribution is -2.37. The number of rotatable bonds is 7. The predicted octanol–water partition coefficient (Wildman–Crippen LogP) is 3.15. The maximum Gasteiger partial charge on any atom is 0.0795 e. The highest BCUT2D eigenvalue weighted by Gasteiger charge is 2.31. The zero-order chi connectivity index (χ0) is 14.4. The van der Waals surface area contributed by atoms with Crippen LogP contribution in [-0.4, -0.2) is 30.0 Å². The summed E-state index contributed by atoms with van der Waals surface area (Å²) in [5.41, 5.74) is 1.25. The van der Waals surface area contributed by atoms with Crippen LogP contribution in [0.4, 0.5) is 0 Å². The molecule has 1 heterocycles. The molecule has 0 radical (unpaired) electrons. The van der Waals surface area contributed by atoms with E-state index < -0.39 is 0 Å². The lowest BCUT2D eigenvalue weighted by molar-refractivity contribution is 0.00939. The Balaban J connectivity index is 2.10. The van der Waals surface area contributed by atoms with Crippen molar-refractivity contribution in [1.29, 1.82) is 0 Å². The largest absolute Gasteiger partial charge is 0.379 e. The summed E-state index contributed by atoms with van der Waals surface area (Å²) in [5.74, 6) is 0.667. The third kappa shape index (κ3) is 3.61. The summed E-state index contributed by atoms with van der Waals surface area (Å²) in [7, 11) is 3.87. The molecule has 4 heteroatoms. The Hall–Kier alpha value is -0.870. The zero-order valence-corrected chi connectivity index (χ0v) is 13.1. The zero-order valence-electron chi connectivity index (χ0n) is 13.1. The van der Waals surface area contributed by atoms with E-state index in [0.29, 0.717) is 5.92 Å². The van der Waals surface area contributed by atoms with E-state index in [1.165, 1.54) is 37.7 Å². The van der Waals surface area contributed by atoms with Crippen LogP contribution in [0.15, 0.2) is 12.4 Å². The second-order valence-corrected chi connectivity index (χ2v) is 5.90. The number of ether oxygens (including phenoxy) is 1. The van der Waals surface area contributed by atoms with E-state index in [4.69, 9.17) is 4.74 Å². The molecule has 2 atom stereocenters. The summed E-state index contributed by atoms with van der Waals surface area (Å²) in [6, 6.07) is 0.244. The van der Waals surface area contributed by atoms with Crippen LogP contribution in [0.2, 0.25) is 0 Å². The van der Waals surface area contributed by atoms with Gasteiger partial charge < -0.3 is 10.1 Å². The van der Waals surface area contributed by atoms with Gasteiger partial charge in [0.1, 0.15) is 0 Å². The third-order valence-corrected chi connectivity index (χ3v) is 4.49. The first kappa shape index (κ1) is 15.5. The van der Waals surface area contributed by atoms with E-state index >= 15 is 0 Å². The van der Waals surface area contributed by atoms with Crippen molar-refractivity contribution < 1.29 is 4.74 Å². The number of methoxy groups -OCH3 is 1. The first-order chi connectivity index (χ1) is 9.80. The molecule has 1 aromatic heterocycles. The van der Waals surface area contributed by atoms with E-state index in [1.807, 2.05) is 25.0 Å². The fraction of sp³-hybridized carbons (Fsp3) is 0.812. The van der Waals surface area contributed by atoms with Crippen molar-refractivity contribution in [2.45, 2.75) is 64.1 Å². The second kappa shape index (κ2) is 7.79. The highest BCUT2D eigenvalue weighted by molar-refractivity contribution is 5.13.